The molecule has 20 heavy (non-hydrogen) atoms. The highest BCUT2D eigenvalue weighted by atomic mass is 32.2. The molecule has 1 N–H and O–H groups in total. The summed E-state index contributed by atoms with van der Waals surface area (Å²) in [4.78, 5) is 9.50. The van der Waals surface area contributed by atoms with Gasteiger partial charge in [0.15, 0.2) is 0 Å². The average molecular weight is 285 g/mol. The standard InChI is InChI=1S/C16H19N3S/c1-2-4-15(3-1)20-16-7-5-13(6-8-16)18-11-14-9-10-17-12-19-14/h5-10,12,15,18H,1-4,11H2. The van der Waals surface area contributed by atoms with Crippen LogP contribution in [0.25, 0.3) is 0 Å². The van der Waals surface area contributed by atoms with Gasteiger partial charge in [0.05, 0.1) is 12.2 Å². The van der Waals surface area contributed by atoms with Gasteiger partial charge < -0.3 is 5.32 Å². The van der Waals surface area contributed by atoms with E-state index < -0.39 is 0 Å². The van der Waals surface area contributed by atoms with E-state index in [0.29, 0.717) is 0 Å². The lowest BCUT2D eigenvalue weighted by Gasteiger charge is -2.10. The van der Waals surface area contributed by atoms with E-state index in [1.165, 1.54) is 30.6 Å². The fourth-order valence-corrected chi connectivity index (χ4v) is 3.71. The van der Waals surface area contributed by atoms with Crippen molar-refractivity contribution in [3.8, 4) is 0 Å². The molecule has 1 aliphatic rings. The molecule has 3 nitrogen and oxygen atoms in total. The van der Waals surface area contributed by atoms with Crippen LogP contribution in [0.15, 0.2) is 47.8 Å². The number of aromatic nitrogens is 2. The molecular weight excluding hydrogens is 266 g/mol. The molecule has 0 amide bonds. The average Bonchev–Trinajstić information content (AvgIpc) is 3.01. The molecule has 1 fully saturated rings. The number of anilines is 1. The molecule has 1 saturated carbocycles. The van der Waals surface area contributed by atoms with Gasteiger partial charge in [-0.1, -0.05) is 12.8 Å². The van der Waals surface area contributed by atoms with Crippen LogP contribution in [0, 0.1) is 0 Å². The van der Waals surface area contributed by atoms with Crippen molar-refractivity contribution in [1.29, 1.82) is 0 Å². The molecule has 0 saturated heterocycles. The van der Waals surface area contributed by atoms with E-state index in [2.05, 4.69) is 39.6 Å². The third kappa shape index (κ3) is 3.73. The maximum Gasteiger partial charge on any atom is 0.115 e. The first kappa shape index (κ1) is 13.4. The predicted molar refractivity (Wildman–Crippen MR) is 83.9 cm³/mol. The highest BCUT2D eigenvalue weighted by molar-refractivity contribution is 8.00. The van der Waals surface area contributed by atoms with Crippen LogP contribution < -0.4 is 5.32 Å². The van der Waals surface area contributed by atoms with Gasteiger partial charge in [-0.25, -0.2) is 9.97 Å². The Bertz CT molecular complexity index is 521. The van der Waals surface area contributed by atoms with E-state index in [1.807, 2.05) is 17.8 Å². The predicted octanol–water partition coefficient (Wildman–Crippen LogP) is 4.12. The van der Waals surface area contributed by atoms with E-state index in [-0.39, 0.29) is 0 Å². The smallest absolute Gasteiger partial charge is 0.115 e. The zero-order valence-electron chi connectivity index (χ0n) is 11.5. The third-order valence-corrected chi connectivity index (χ3v) is 4.93. The van der Waals surface area contributed by atoms with Crippen LogP contribution in [0.5, 0.6) is 0 Å². The first-order valence-corrected chi connectivity index (χ1v) is 8.03. The largest absolute Gasteiger partial charge is 0.379 e. The van der Waals surface area contributed by atoms with Crippen molar-refractivity contribution in [2.75, 3.05) is 5.32 Å². The maximum absolute atomic E-state index is 4.20. The lowest BCUT2D eigenvalue weighted by atomic mass is 10.3. The minimum atomic E-state index is 0.734. The van der Waals surface area contributed by atoms with E-state index in [0.717, 1.165) is 23.2 Å². The Morgan fingerprint density at radius 2 is 1.90 bits per heavy atom. The Kier molecular flexibility index (Phi) is 4.53. The Morgan fingerprint density at radius 3 is 2.60 bits per heavy atom. The topological polar surface area (TPSA) is 37.8 Å². The lowest BCUT2D eigenvalue weighted by Crippen LogP contribution is -2.01. The summed E-state index contributed by atoms with van der Waals surface area (Å²) >= 11 is 2.03. The van der Waals surface area contributed by atoms with Crippen molar-refractivity contribution in [3.05, 3.63) is 48.5 Å². The second-order valence-corrected chi connectivity index (χ2v) is 6.48. The monoisotopic (exact) mass is 285 g/mol. The van der Waals surface area contributed by atoms with Crippen molar-refractivity contribution in [3.63, 3.8) is 0 Å². The highest BCUT2D eigenvalue weighted by Crippen LogP contribution is 2.34. The van der Waals surface area contributed by atoms with Gasteiger partial charge in [-0.15, -0.1) is 11.8 Å². The van der Waals surface area contributed by atoms with Crippen molar-refractivity contribution in [1.82, 2.24) is 9.97 Å². The van der Waals surface area contributed by atoms with Crippen molar-refractivity contribution in [2.45, 2.75) is 42.4 Å². The summed E-state index contributed by atoms with van der Waals surface area (Å²) in [5.41, 5.74) is 2.14. The normalized spacial score (nSPS) is 15.4. The van der Waals surface area contributed by atoms with E-state index in [1.54, 1.807) is 12.5 Å². The van der Waals surface area contributed by atoms with Gasteiger partial charge in [0, 0.05) is 22.0 Å². The number of hydrogen-bond donors (Lipinski definition) is 1. The zero-order valence-corrected chi connectivity index (χ0v) is 12.3. The molecule has 4 heteroatoms. The van der Waals surface area contributed by atoms with Crippen molar-refractivity contribution < 1.29 is 0 Å². The van der Waals surface area contributed by atoms with Gasteiger partial charge in [-0.05, 0) is 43.2 Å². The Labute approximate surface area is 124 Å². The number of nitrogens with zero attached hydrogens (tertiary/aromatic N) is 2. The quantitative estimate of drug-likeness (QED) is 0.896. The van der Waals surface area contributed by atoms with Gasteiger partial charge in [0.1, 0.15) is 6.33 Å². The van der Waals surface area contributed by atoms with E-state index >= 15 is 0 Å². The van der Waals surface area contributed by atoms with E-state index in [9.17, 15) is 0 Å². The molecule has 1 aromatic heterocycles. The summed E-state index contributed by atoms with van der Waals surface area (Å²) in [6, 6.07) is 10.7. The molecule has 0 bridgehead atoms. The number of rotatable bonds is 5. The molecule has 1 heterocycles. The van der Waals surface area contributed by atoms with Crippen LogP contribution >= 0.6 is 11.8 Å². The summed E-state index contributed by atoms with van der Waals surface area (Å²) in [6.07, 6.45) is 8.90. The molecule has 0 radical (unpaired) electrons. The summed E-state index contributed by atoms with van der Waals surface area (Å²) in [7, 11) is 0. The summed E-state index contributed by atoms with van der Waals surface area (Å²) < 4.78 is 0. The SMILES string of the molecule is c1cc(CNc2ccc(SC3CCCC3)cc2)ncn1. The molecule has 0 unspecified atom stereocenters. The Balaban J connectivity index is 1.53. The fourth-order valence-electron chi connectivity index (χ4n) is 2.47. The molecule has 0 spiro atoms. The second kappa shape index (κ2) is 6.75. The van der Waals surface area contributed by atoms with Gasteiger partial charge >= 0.3 is 0 Å². The van der Waals surface area contributed by atoms with Gasteiger partial charge in [-0.3, -0.25) is 0 Å². The molecule has 3 rings (SSSR count). The van der Waals surface area contributed by atoms with Gasteiger partial charge in [-0.2, -0.15) is 0 Å². The molecule has 104 valence electrons. The van der Waals surface area contributed by atoms with Crippen LogP contribution in [-0.4, -0.2) is 15.2 Å². The van der Waals surface area contributed by atoms with Crippen LogP contribution in [0.4, 0.5) is 5.69 Å². The molecule has 1 aromatic carbocycles. The molecule has 2 aromatic rings. The minimum absolute atomic E-state index is 0.734. The van der Waals surface area contributed by atoms with Crippen molar-refractivity contribution in [2.24, 2.45) is 0 Å². The Hall–Kier alpha value is -1.55. The summed E-state index contributed by atoms with van der Waals surface area (Å²) in [6.45, 7) is 0.734. The zero-order chi connectivity index (χ0) is 13.6. The molecule has 0 aliphatic heterocycles. The first-order valence-electron chi connectivity index (χ1n) is 7.16. The Morgan fingerprint density at radius 1 is 1.10 bits per heavy atom. The van der Waals surface area contributed by atoms with Crippen LogP contribution in [-0.2, 0) is 6.54 Å². The third-order valence-electron chi connectivity index (χ3n) is 3.58. The van der Waals surface area contributed by atoms with Crippen LogP contribution in [0.3, 0.4) is 0 Å². The number of hydrogen-bond acceptors (Lipinski definition) is 4. The lowest BCUT2D eigenvalue weighted by molar-refractivity contribution is 0.886. The maximum atomic E-state index is 4.20. The second-order valence-electron chi connectivity index (χ2n) is 5.10. The van der Waals surface area contributed by atoms with Gasteiger partial charge in [0.25, 0.3) is 0 Å². The first-order chi connectivity index (χ1) is 9.90. The van der Waals surface area contributed by atoms with Crippen molar-refractivity contribution >= 4 is 17.4 Å². The van der Waals surface area contributed by atoms with Gasteiger partial charge in [0.2, 0.25) is 0 Å². The van der Waals surface area contributed by atoms with Crippen LogP contribution in [0.1, 0.15) is 31.4 Å². The number of nitrogens with one attached hydrogen (secondary N) is 1. The number of benzene rings is 1. The molecular formula is C16H19N3S. The molecule has 1 aliphatic carbocycles. The molecule has 0 atom stereocenters. The van der Waals surface area contributed by atoms with Crippen LogP contribution in [0.2, 0.25) is 0 Å². The minimum Gasteiger partial charge on any atom is -0.379 e. The highest BCUT2D eigenvalue weighted by Gasteiger charge is 2.15. The summed E-state index contributed by atoms with van der Waals surface area (Å²) in [5.74, 6) is 0. The number of thioether (sulfide) groups is 1. The van der Waals surface area contributed by atoms with E-state index in [4.69, 9.17) is 0 Å². The fraction of sp³-hybridized carbons (Fsp3) is 0.375. The summed E-state index contributed by atoms with van der Waals surface area (Å²) in [5, 5.41) is 4.21.